The Morgan fingerprint density at radius 3 is 2.36 bits per heavy atom. The van der Waals surface area contributed by atoms with Crippen LogP contribution in [0, 0.1) is 0 Å². The smallest absolute Gasteiger partial charge is 0.214 e. The van der Waals surface area contributed by atoms with Gasteiger partial charge in [0.05, 0.1) is 12.4 Å². The Kier molecular flexibility index (Phi) is 5.57. The monoisotopic (exact) mass is 287 g/mol. The lowest BCUT2D eigenvalue weighted by atomic mass is 10.0. The Morgan fingerprint density at radius 1 is 1.50 bits per heavy atom. The van der Waals surface area contributed by atoms with E-state index in [0.717, 1.165) is 0 Å². The Morgan fingerprint density at radius 2 is 2.00 bits per heavy atom. The topological polar surface area (TPSA) is 55.4 Å². The van der Waals surface area contributed by atoms with Gasteiger partial charge >= 0.3 is 0 Å². The summed E-state index contributed by atoms with van der Waals surface area (Å²) in [6, 6.07) is 0. The minimum atomic E-state index is -3.25. The average Bonchev–Trinajstić information content (AvgIpc) is 1.99. The quantitative estimate of drug-likeness (QED) is 0.745. The molecule has 1 atom stereocenters. The highest BCUT2D eigenvalue weighted by atomic mass is 79.9. The molecule has 0 radical (unpaired) electrons. The first-order chi connectivity index (χ1) is 6.21. The first kappa shape index (κ1) is 14.3. The van der Waals surface area contributed by atoms with Gasteiger partial charge in [0.2, 0.25) is 10.0 Å². The molecule has 0 fully saturated rings. The zero-order valence-electron chi connectivity index (χ0n) is 9.00. The van der Waals surface area contributed by atoms with Gasteiger partial charge in [0.1, 0.15) is 0 Å². The van der Waals surface area contributed by atoms with E-state index in [1.807, 2.05) is 20.8 Å². The van der Waals surface area contributed by atoms with Crippen LogP contribution >= 0.6 is 15.9 Å². The molecule has 0 heterocycles. The minimum Gasteiger partial charge on any atom is -0.384 e. The van der Waals surface area contributed by atoms with Gasteiger partial charge in [-0.1, -0.05) is 22.9 Å². The van der Waals surface area contributed by atoms with Crippen LogP contribution in [0.1, 0.15) is 20.8 Å². The van der Waals surface area contributed by atoms with E-state index in [9.17, 15) is 8.42 Å². The molecule has 0 amide bonds. The van der Waals surface area contributed by atoms with Crippen molar-refractivity contribution in [3.05, 3.63) is 0 Å². The predicted octanol–water partition coefficient (Wildman–Crippen LogP) is 1.11. The molecule has 0 bridgehead atoms. The normalized spacial score (nSPS) is 15.5. The molecule has 0 aliphatic heterocycles. The first-order valence-corrected chi connectivity index (χ1v) is 6.93. The Bertz CT molecular complexity index is 262. The van der Waals surface area contributed by atoms with E-state index in [1.165, 1.54) is 7.11 Å². The number of nitrogens with one attached hydrogen (secondary N) is 1. The van der Waals surface area contributed by atoms with Gasteiger partial charge < -0.3 is 4.74 Å². The molecule has 0 aromatic heterocycles. The molecule has 0 rings (SSSR count). The highest BCUT2D eigenvalue weighted by molar-refractivity contribution is 9.09. The van der Waals surface area contributed by atoms with Gasteiger partial charge in [-0.2, -0.15) is 0 Å². The van der Waals surface area contributed by atoms with Crippen LogP contribution in [-0.4, -0.2) is 38.3 Å². The van der Waals surface area contributed by atoms with Gasteiger partial charge in [-0.3, -0.25) is 0 Å². The molecule has 6 heteroatoms. The third kappa shape index (κ3) is 5.29. The Hall–Kier alpha value is 0.350. The number of methoxy groups -OCH3 is 1. The number of ether oxygens (including phenoxy) is 1. The largest absolute Gasteiger partial charge is 0.384 e. The maximum absolute atomic E-state index is 11.5. The summed E-state index contributed by atoms with van der Waals surface area (Å²) in [5.74, 6) is -0.00729. The van der Waals surface area contributed by atoms with E-state index >= 15 is 0 Å². The van der Waals surface area contributed by atoms with Crippen LogP contribution in [0.5, 0.6) is 0 Å². The predicted molar refractivity (Wildman–Crippen MR) is 61.3 cm³/mol. The lowest BCUT2D eigenvalue weighted by molar-refractivity contribution is 0.216. The van der Waals surface area contributed by atoms with E-state index in [4.69, 9.17) is 4.74 Å². The van der Waals surface area contributed by atoms with E-state index < -0.39 is 15.6 Å². The van der Waals surface area contributed by atoms with Gasteiger partial charge in [0, 0.05) is 17.5 Å². The Balaban J connectivity index is 4.36. The fraction of sp³-hybridized carbons (Fsp3) is 1.00. The van der Waals surface area contributed by atoms with Crippen molar-refractivity contribution in [2.24, 2.45) is 0 Å². The van der Waals surface area contributed by atoms with Crippen molar-refractivity contribution in [3.63, 3.8) is 0 Å². The van der Waals surface area contributed by atoms with Crippen molar-refractivity contribution in [2.45, 2.75) is 31.1 Å². The number of halogens is 1. The van der Waals surface area contributed by atoms with E-state index in [2.05, 4.69) is 20.7 Å². The molecule has 0 aromatic rings. The summed E-state index contributed by atoms with van der Waals surface area (Å²) >= 11 is 3.36. The molecule has 0 saturated carbocycles. The van der Waals surface area contributed by atoms with E-state index in [0.29, 0.717) is 0 Å². The van der Waals surface area contributed by atoms with Crippen LogP contribution in [0.2, 0.25) is 0 Å². The van der Waals surface area contributed by atoms with Crippen molar-refractivity contribution in [2.75, 3.05) is 19.5 Å². The van der Waals surface area contributed by atoms with Gasteiger partial charge in [0.25, 0.3) is 0 Å². The molecule has 0 aliphatic rings. The Labute approximate surface area is 94.6 Å². The summed E-state index contributed by atoms with van der Waals surface area (Å²) in [4.78, 5) is 0.0623. The van der Waals surface area contributed by atoms with Crippen molar-refractivity contribution < 1.29 is 13.2 Å². The molecule has 1 N–H and O–H groups in total. The molecular weight excluding hydrogens is 270 g/mol. The molecule has 4 nitrogen and oxygen atoms in total. The molecule has 1 unspecified atom stereocenters. The second-order valence-corrected chi connectivity index (χ2v) is 6.97. The molecule has 0 aromatic carbocycles. The van der Waals surface area contributed by atoms with E-state index in [-0.39, 0.29) is 17.2 Å². The molecule has 86 valence electrons. The number of sulfonamides is 1. The van der Waals surface area contributed by atoms with Gasteiger partial charge in [-0.15, -0.1) is 0 Å². The van der Waals surface area contributed by atoms with Crippen LogP contribution < -0.4 is 4.72 Å². The highest BCUT2D eigenvalue weighted by Crippen LogP contribution is 2.17. The number of hydrogen-bond acceptors (Lipinski definition) is 3. The lowest BCUT2D eigenvalue weighted by Gasteiger charge is -2.28. The van der Waals surface area contributed by atoms with Crippen molar-refractivity contribution in [3.8, 4) is 0 Å². The molecular formula is C8H18BrNO3S. The van der Waals surface area contributed by atoms with E-state index in [1.54, 1.807) is 0 Å². The third-order valence-corrected chi connectivity index (χ3v) is 4.66. The van der Waals surface area contributed by atoms with Crippen LogP contribution in [-0.2, 0) is 14.8 Å². The second-order valence-electron chi connectivity index (χ2n) is 3.75. The summed E-state index contributed by atoms with van der Waals surface area (Å²) < 4.78 is 30.3. The van der Waals surface area contributed by atoms with Gasteiger partial charge in [-0.05, 0) is 13.8 Å². The summed E-state index contributed by atoms with van der Waals surface area (Å²) in [5.41, 5.74) is -0.493. The van der Waals surface area contributed by atoms with Gasteiger partial charge in [0.15, 0.2) is 0 Å². The molecule has 0 spiro atoms. The SMILES string of the molecule is COCCS(=O)(=O)NC(C)(C)C(C)Br. The lowest BCUT2D eigenvalue weighted by Crippen LogP contribution is -2.49. The van der Waals surface area contributed by atoms with Crippen molar-refractivity contribution >= 4 is 26.0 Å². The first-order valence-electron chi connectivity index (χ1n) is 4.36. The standard InChI is InChI=1S/C8H18BrNO3S/c1-7(9)8(2,3)10-14(11,12)6-5-13-4/h7,10H,5-6H2,1-4H3. The summed E-state index contributed by atoms with van der Waals surface area (Å²) in [6.07, 6.45) is 0. The zero-order valence-corrected chi connectivity index (χ0v) is 11.4. The van der Waals surface area contributed by atoms with Crippen molar-refractivity contribution in [1.29, 1.82) is 0 Å². The summed E-state index contributed by atoms with van der Waals surface area (Å²) in [6.45, 7) is 5.77. The molecule has 14 heavy (non-hydrogen) atoms. The maximum Gasteiger partial charge on any atom is 0.214 e. The third-order valence-electron chi connectivity index (χ3n) is 1.97. The van der Waals surface area contributed by atoms with Crippen LogP contribution in [0.4, 0.5) is 0 Å². The molecule has 0 saturated heterocycles. The summed E-state index contributed by atoms with van der Waals surface area (Å²) in [7, 11) is -1.77. The highest BCUT2D eigenvalue weighted by Gasteiger charge is 2.28. The second kappa shape index (κ2) is 5.44. The number of hydrogen-bond donors (Lipinski definition) is 1. The fourth-order valence-corrected chi connectivity index (χ4v) is 2.46. The van der Waals surface area contributed by atoms with Crippen LogP contribution in [0.25, 0.3) is 0 Å². The average molecular weight is 288 g/mol. The zero-order chi connectivity index (χ0) is 11.4. The number of alkyl halides is 1. The van der Waals surface area contributed by atoms with Gasteiger partial charge in [-0.25, -0.2) is 13.1 Å². The summed E-state index contributed by atoms with van der Waals surface area (Å²) in [5, 5.41) is 0. The maximum atomic E-state index is 11.5. The van der Waals surface area contributed by atoms with Crippen molar-refractivity contribution in [1.82, 2.24) is 4.72 Å². The fourth-order valence-electron chi connectivity index (χ4n) is 0.726. The van der Waals surface area contributed by atoms with Crippen LogP contribution in [0.15, 0.2) is 0 Å². The number of rotatable bonds is 6. The van der Waals surface area contributed by atoms with Crippen LogP contribution in [0.3, 0.4) is 0 Å². The molecule has 0 aliphatic carbocycles. The minimum absolute atomic E-state index is 0.00729.